The number of amides is 2. The predicted octanol–water partition coefficient (Wildman–Crippen LogP) is 2.86. The molecule has 1 atom stereocenters. The van der Waals surface area contributed by atoms with Gasteiger partial charge in [-0.15, -0.1) is 0 Å². The van der Waals surface area contributed by atoms with E-state index in [1.165, 1.54) is 0 Å². The van der Waals surface area contributed by atoms with E-state index in [-0.39, 0.29) is 24.3 Å². The van der Waals surface area contributed by atoms with E-state index in [2.05, 4.69) is 31.8 Å². The molecule has 0 bridgehead atoms. The number of hydrogen-bond donors (Lipinski definition) is 2. The van der Waals surface area contributed by atoms with E-state index in [9.17, 15) is 9.59 Å². The van der Waals surface area contributed by atoms with Gasteiger partial charge in [0, 0.05) is 21.8 Å². The lowest BCUT2D eigenvalue weighted by Gasteiger charge is -2.11. The molecule has 2 amide bonds. The van der Waals surface area contributed by atoms with Crippen molar-refractivity contribution in [2.24, 2.45) is 5.10 Å². The first-order valence-electron chi connectivity index (χ1n) is 6.80. The van der Waals surface area contributed by atoms with Gasteiger partial charge in [-0.05, 0) is 38.5 Å². The minimum Gasteiger partial charge on any atom is -0.353 e. The van der Waals surface area contributed by atoms with Gasteiger partial charge in [0.1, 0.15) is 0 Å². The maximum atomic E-state index is 11.9. The summed E-state index contributed by atoms with van der Waals surface area (Å²) < 4.78 is 0.823. The molecule has 0 radical (unpaired) electrons. The summed E-state index contributed by atoms with van der Waals surface area (Å²) in [6.45, 7) is 5.65. The molecule has 1 aromatic carbocycles. The number of carbonyl (C=O) groups is 2. The fourth-order valence-electron chi connectivity index (χ4n) is 1.54. The first kappa shape index (κ1) is 17.4. The molecule has 0 aliphatic rings. The molecule has 1 unspecified atom stereocenters. The van der Waals surface area contributed by atoms with E-state index in [0.29, 0.717) is 11.3 Å². The van der Waals surface area contributed by atoms with Gasteiger partial charge in [-0.25, -0.2) is 5.43 Å². The second-order valence-corrected chi connectivity index (χ2v) is 5.77. The van der Waals surface area contributed by atoms with Crippen molar-refractivity contribution in [1.82, 2.24) is 10.7 Å². The van der Waals surface area contributed by atoms with Crippen molar-refractivity contribution in [2.45, 2.75) is 39.7 Å². The lowest BCUT2D eigenvalue weighted by atomic mass is 10.2. The molecule has 21 heavy (non-hydrogen) atoms. The van der Waals surface area contributed by atoms with E-state index in [1.54, 1.807) is 25.1 Å². The highest BCUT2D eigenvalue weighted by atomic mass is 79.9. The van der Waals surface area contributed by atoms with Crippen molar-refractivity contribution >= 4 is 33.5 Å². The lowest BCUT2D eigenvalue weighted by Crippen LogP contribution is -2.33. The SMILES string of the molecule is CCC(C)NC(=O)C/C(C)=N/NC(=O)c1cccc(Br)c1. The highest BCUT2D eigenvalue weighted by Gasteiger charge is 2.08. The maximum absolute atomic E-state index is 11.9. The average molecular weight is 354 g/mol. The Labute approximate surface area is 133 Å². The topological polar surface area (TPSA) is 70.6 Å². The van der Waals surface area contributed by atoms with Gasteiger partial charge in [0.05, 0.1) is 6.42 Å². The number of rotatable bonds is 6. The van der Waals surface area contributed by atoms with E-state index in [1.807, 2.05) is 19.9 Å². The Kier molecular flexibility index (Phi) is 7.08. The van der Waals surface area contributed by atoms with E-state index in [0.717, 1.165) is 10.9 Å². The predicted molar refractivity (Wildman–Crippen MR) is 87.2 cm³/mol. The van der Waals surface area contributed by atoms with E-state index in [4.69, 9.17) is 0 Å². The number of nitrogens with one attached hydrogen (secondary N) is 2. The first-order valence-corrected chi connectivity index (χ1v) is 7.60. The molecule has 114 valence electrons. The van der Waals surface area contributed by atoms with E-state index < -0.39 is 0 Å². The number of hydrazone groups is 1. The summed E-state index contributed by atoms with van der Waals surface area (Å²) in [7, 11) is 0. The fourth-order valence-corrected chi connectivity index (χ4v) is 1.94. The molecule has 0 saturated carbocycles. The molecule has 0 aliphatic heterocycles. The Morgan fingerprint density at radius 3 is 2.71 bits per heavy atom. The van der Waals surface area contributed by atoms with Crippen LogP contribution in [0, 0.1) is 0 Å². The number of benzene rings is 1. The van der Waals surface area contributed by atoms with Crippen molar-refractivity contribution in [3.8, 4) is 0 Å². The summed E-state index contributed by atoms with van der Waals surface area (Å²) in [6.07, 6.45) is 1.05. The van der Waals surface area contributed by atoms with Crippen molar-refractivity contribution in [2.75, 3.05) is 0 Å². The minimum atomic E-state index is -0.307. The summed E-state index contributed by atoms with van der Waals surface area (Å²) in [6, 6.07) is 7.15. The van der Waals surface area contributed by atoms with Crippen LogP contribution in [-0.2, 0) is 4.79 Å². The van der Waals surface area contributed by atoms with Crippen LogP contribution in [0.2, 0.25) is 0 Å². The molecular weight excluding hydrogens is 334 g/mol. The lowest BCUT2D eigenvalue weighted by molar-refractivity contribution is -0.120. The van der Waals surface area contributed by atoms with Crippen LogP contribution in [0.3, 0.4) is 0 Å². The monoisotopic (exact) mass is 353 g/mol. The van der Waals surface area contributed by atoms with Gasteiger partial charge >= 0.3 is 0 Å². The molecule has 0 fully saturated rings. The van der Waals surface area contributed by atoms with Crippen molar-refractivity contribution in [3.05, 3.63) is 34.3 Å². The molecule has 1 aromatic rings. The number of halogens is 1. The number of carbonyl (C=O) groups excluding carboxylic acids is 2. The van der Waals surface area contributed by atoms with Crippen molar-refractivity contribution in [3.63, 3.8) is 0 Å². The fraction of sp³-hybridized carbons (Fsp3) is 0.400. The Hall–Kier alpha value is -1.69. The largest absolute Gasteiger partial charge is 0.353 e. The highest BCUT2D eigenvalue weighted by molar-refractivity contribution is 9.10. The molecule has 0 aromatic heterocycles. The molecular formula is C15H20BrN3O2. The van der Waals surface area contributed by atoms with Gasteiger partial charge in [-0.1, -0.05) is 28.9 Å². The van der Waals surface area contributed by atoms with Gasteiger partial charge < -0.3 is 5.32 Å². The molecule has 0 saturated heterocycles. The van der Waals surface area contributed by atoms with Gasteiger partial charge in [-0.3, -0.25) is 9.59 Å². The third-order valence-electron chi connectivity index (χ3n) is 2.87. The molecule has 2 N–H and O–H groups in total. The Balaban J connectivity index is 2.52. The van der Waals surface area contributed by atoms with Crippen LogP contribution in [-0.4, -0.2) is 23.6 Å². The standard InChI is InChI=1S/C15H20BrN3O2/c1-4-10(2)17-14(20)8-11(3)18-19-15(21)12-6-5-7-13(16)9-12/h5-7,9-10H,4,8H2,1-3H3,(H,17,20)(H,19,21)/b18-11+. The Bertz CT molecular complexity index is 543. The van der Waals surface area contributed by atoms with Crippen molar-refractivity contribution in [1.29, 1.82) is 0 Å². The minimum absolute atomic E-state index is 0.0951. The van der Waals surface area contributed by atoms with Crippen LogP contribution >= 0.6 is 15.9 Å². The summed E-state index contributed by atoms with van der Waals surface area (Å²) in [5.41, 5.74) is 3.51. The average Bonchev–Trinajstić information content (AvgIpc) is 2.44. The van der Waals surface area contributed by atoms with Crippen molar-refractivity contribution < 1.29 is 9.59 Å². The zero-order chi connectivity index (χ0) is 15.8. The second kappa shape index (κ2) is 8.56. The third-order valence-corrected chi connectivity index (χ3v) is 3.36. The van der Waals surface area contributed by atoms with Crippen LogP contribution in [0.1, 0.15) is 44.0 Å². The zero-order valence-corrected chi connectivity index (χ0v) is 14.0. The molecule has 0 aliphatic carbocycles. The summed E-state index contributed by atoms with van der Waals surface area (Å²) >= 11 is 3.30. The van der Waals surface area contributed by atoms with Gasteiger partial charge in [0.25, 0.3) is 5.91 Å². The third kappa shape index (κ3) is 6.53. The van der Waals surface area contributed by atoms with Crippen LogP contribution < -0.4 is 10.7 Å². The molecule has 6 heteroatoms. The molecule has 5 nitrogen and oxygen atoms in total. The van der Waals surface area contributed by atoms with Crippen LogP contribution in [0.25, 0.3) is 0 Å². The van der Waals surface area contributed by atoms with Gasteiger partial charge in [0.2, 0.25) is 5.91 Å². The van der Waals surface area contributed by atoms with Crippen LogP contribution in [0.15, 0.2) is 33.8 Å². The highest BCUT2D eigenvalue weighted by Crippen LogP contribution is 2.11. The van der Waals surface area contributed by atoms with Gasteiger partial charge in [-0.2, -0.15) is 5.10 Å². The molecule has 1 rings (SSSR count). The summed E-state index contributed by atoms with van der Waals surface area (Å²) in [4.78, 5) is 23.5. The Morgan fingerprint density at radius 2 is 2.10 bits per heavy atom. The maximum Gasteiger partial charge on any atom is 0.271 e. The van der Waals surface area contributed by atoms with Crippen LogP contribution in [0.5, 0.6) is 0 Å². The Morgan fingerprint density at radius 1 is 1.38 bits per heavy atom. The van der Waals surface area contributed by atoms with Crippen LogP contribution in [0.4, 0.5) is 0 Å². The molecule has 0 heterocycles. The summed E-state index contributed by atoms with van der Waals surface area (Å²) in [5.74, 6) is -0.403. The van der Waals surface area contributed by atoms with Gasteiger partial charge in [0.15, 0.2) is 0 Å². The number of nitrogens with zero attached hydrogens (tertiary/aromatic N) is 1. The normalized spacial score (nSPS) is 12.7. The second-order valence-electron chi connectivity index (χ2n) is 4.85. The smallest absolute Gasteiger partial charge is 0.271 e. The van der Waals surface area contributed by atoms with E-state index >= 15 is 0 Å². The quantitative estimate of drug-likeness (QED) is 0.609. The number of hydrogen-bond acceptors (Lipinski definition) is 3. The zero-order valence-electron chi connectivity index (χ0n) is 12.4. The molecule has 0 spiro atoms. The summed E-state index contributed by atoms with van der Waals surface area (Å²) in [5, 5.41) is 6.79. The first-order chi connectivity index (χ1) is 9.92.